The minimum Gasteiger partial charge on any atom is -0.480 e. The maximum absolute atomic E-state index is 5.19. The molecule has 2 aromatic rings. The standard InChI is InChI=1S/C9H11N3OS/c1-3-10-9-11-6-4-5-14-7(6)8(12-9)13-2/h4-5H,3H2,1-2H3,(H,10,11,12). The van der Waals surface area contributed by atoms with Crippen LogP contribution in [0.25, 0.3) is 10.2 Å². The minimum atomic E-state index is 0.621. The van der Waals surface area contributed by atoms with Crippen LogP contribution < -0.4 is 10.1 Å². The minimum absolute atomic E-state index is 0.621. The van der Waals surface area contributed by atoms with Crippen molar-refractivity contribution in [1.82, 2.24) is 9.97 Å². The Hall–Kier alpha value is -1.36. The first-order valence-electron chi connectivity index (χ1n) is 4.38. The van der Waals surface area contributed by atoms with Gasteiger partial charge < -0.3 is 10.1 Å². The molecular formula is C9H11N3OS. The molecule has 0 bridgehead atoms. The molecule has 0 fully saturated rings. The molecule has 0 saturated carbocycles. The highest BCUT2D eigenvalue weighted by Crippen LogP contribution is 2.28. The highest BCUT2D eigenvalue weighted by molar-refractivity contribution is 7.17. The van der Waals surface area contributed by atoms with Crippen LogP contribution in [0, 0.1) is 0 Å². The van der Waals surface area contributed by atoms with Crippen LogP contribution in [0.15, 0.2) is 11.4 Å². The van der Waals surface area contributed by atoms with E-state index in [0.29, 0.717) is 11.8 Å². The van der Waals surface area contributed by atoms with Crippen molar-refractivity contribution in [2.24, 2.45) is 0 Å². The highest BCUT2D eigenvalue weighted by Gasteiger charge is 2.07. The molecule has 2 aromatic heterocycles. The van der Waals surface area contributed by atoms with Gasteiger partial charge >= 0.3 is 0 Å². The first-order valence-corrected chi connectivity index (χ1v) is 5.26. The number of methoxy groups -OCH3 is 1. The number of aromatic nitrogens is 2. The number of nitrogens with one attached hydrogen (secondary N) is 1. The molecular weight excluding hydrogens is 198 g/mol. The van der Waals surface area contributed by atoms with Gasteiger partial charge in [0.15, 0.2) is 0 Å². The van der Waals surface area contributed by atoms with Crippen molar-refractivity contribution in [3.8, 4) is 5.88 Å². The SMILES string of the molecule is CCNc1nc(OC)c2sccc2n1. The third-order valence-electron chi connectivity index (χ3n) is 1.80. The Balaban J connectivity index is 2.55. The highest BCUT2D eigenvalue weighted by atomic mass is 32.1. The van der Waals surface area contributed by atoms with E-state index in [-0.39, 0.29) is 0 Å². The van der Waals surface area contributed by atoms with E-state index in [2.05, 4.69) is 15.3 Å². The Morgan fingerprint density at radius 1 is 1.50 bits per heavy atom. The fourth-order valence-corrected chi connectivity index (χ4v) is 2.01. The fraction of sp³-hybridized carbons (Fsp3) is 0.333. The number of hydrogen-bond acceptors (Lipinski definition) is 5. The van der Waals surface area contributed by atoms with Gasteiger partial charge in [-0.25, -0.2) is 4.98 Å². The van der Waals surface area contributed by atoms with Gasteiger partial charge in [0.1, 0.15) is 4.70 Å². The lowest BCUT2D eigenvalue weighted by atomic mass is 10.4. The molecule has 14 heavy (non-hydrogen) atoms. The van der Waals surface area contributed by atoms with E-state index < -0.39 is 0 Å². The van der Waals surface area contributed by atoms with Crippen molar-refractivity contribution in [1.29, 1.82) is 0 Å². The number of hydrogen-bond donors (Lipinski definition) is 1. The molecule has 0 spiro atoms. The third-order valence-corrected chi connectivity index (χ3v) is 2.69. The lowest BCUT2D eigenvalue weighted by Crippen LogP contribution is -2.02. The number of nitrogens with zero attached hydrogens (tertiary/aromatic N) is 2. The summed E-state index contributed by atoms with van der Waals surface area (Å²) in [5.41, 5.74) is 0.929. The van der Waals surface area contributed by atoms with E-state index in [1.54, 1.807) is 18.4 Å². The zero-order valence-corrected chi connectivity index (χ0v) is 8.89. The maximum Gasteiger partial charge on any atom is 0.236 e. The van der Waals surface area contributed by atoms with Crippen molar-refractivity contribution >= 4 is 27.5 Å². The average Bonchev–Trinajstić information content (AvgIpc) is 2.65. The summed E-state index contributed by atoms with van der Waals surface area (Å²) < 4.78 is 6.19. The van der Waals surface area contributed by atoms with Crippen LogP contribution in [0.1, 0.15) is 6.92 Å². The van der Waals surface area contributed by atoms with Gasteiger partial charge in [-0.3, -0.25) is 0 Å². The van der Waals surface area contributed by atoms with Crippen LogP contribution in [0.5, 0.6) is 5.88 Å². The number of rotatable bonds is 3. The van der Waals surface area contributed by atoms with Crippen LogP contribution >= 0.6 is 11.3 Å². The predicted octanol–water partition coefficient (Wildman–Crippen LogP) is 2.13. The Morgan fingerprint density at radius 2 is 2.36 bits per heavy atom. The van der Waals surface area contributed by atoms with E-state index in [1.807, 2.05) is 18.4 Å². The molecule has 0 unspecified atom stereocenters. The molecule has 4 nitrogen and oxygen atoms in total. The fourth-order valence-electron chi connectivity index (χ4n) is 1.21. The lowest BCUT2D eigenvalue weighted by molar-refractivity contribution is 0.404. The zero-order valence-electron chi connectivity index (χ0n) is 8.07. The van der Waals surface area contributed by atoms with Crippen molar-refractivity contribution in [3.63, 3.8) is 0 Å². The van der Waals surface area contributed by atoms with E-state index in [0.717, 1.165) is 16.8 Å². The molecule has 0 saturated heterocycles. The molecule has 0 aromatic carbocycles. The molecule has 74 valence electrons. The molecule has 0 aliphatic rings. The Bertz CT molecular complexity index is 441. The quantitative estimate of drug-likeness (QED) is 0.841. The summed E-state index contributed by atoms with van der Waals surface area (Å²) in [5, 5.41) is 5.05. The summed E-state index contributed by atoms with van der Waals surface area (Å²) in [7, 11) is 1.62. The molecule has 2 rings (SSSR count). The molecule has 0 aliphatic carbocycles. The second-order valence-electron chi connectivity index (χ2n) is 2.72. The van der Waals surface area contributed by atoms with Crippen LogP contribution in [-0.4, -0.2) is 23.6 Å². The Labute approximate surface area is 86.0 Å². The first-order chi connectivity index (χ1) is 6.85. The zero-order chi connectivity index (χ0) is 9.97. The van der Waals surface area contributed by atoms with Crippen LogP contribution in [0.3, 0.4) is 0 Å². The number of anilines is 1. The van der Waals surface area contributed by atoms with Gasteiger partial charge in [0.05, 0.1) is 12.6 Å². The van der Waals surface area contributed by atoms with Gasteiger partial charge in [0.25, 0.3) is 0 Å². The Morgan fingerprint density at radius 3 is 3.07 bits per heavy atom. The summed E-state index contributed by atoms with van der Waals surface area (Å²) in [6.07, 6.45) is 0. The Kier molecular flexibility index (Phi) is 2.49. The van der Waals surface area contributed by atoms with Crippen LogP contribution in [-0.2, 0) is 0 Å². The monoisotopic (exact) mass is 209 g/mol. The molecule has 0 radical (unpaired) electrons. The topological polar surface area (TPSA) is 47.0 Å². The first kappa shape index (κ1) is 9.21. The second-order valence-corrected chi connectivity index (χ2v) is 3.64. The van der Waals surface area contributed by atoms with Crippen molar-refractivity contribution < 1.29 is 4.74 Å². The van der Waals surface area contributed by atoms with Gasteiger partial charge in [-0.05, 0) is 18.4 Å². The smallest absolute Gasteiger partial charge is 0.236 e. The van der Waals surface area contributed by atoms with Gasteiger partial charge in [-0.2, -0.15) is 4.98 Å². The summed E-state index contributed by atoms with van der Waals surface area (Å²) in [6.45, 7) is 2.81. The molecule has 5 heteroatoms. The molecule has 0 amide bonds. The normalized spacial score (nSPS) is 10.4. The average molecular weight is 209 g/mol. The number of fused-ring (bicyclic) bond motifs is 1. The number of thiophene rings is 1. The summed E-state index contributed by atoms with van der Waals surface area (Å²) in [4.78, 5) is 8.59. The van der Waals surface area contributed by atoms with E-state index in [4.69, 9.17) is 4.74 Å². The van der Waals surface area contributed by atoms with E-state index >= 15 is 0 Å². The summed E-state index contributed by atoms with van der Waals surface area (Å²) in [5.74, 6) is 1.26. The number of ether oxygens (including phenoxy) is 1. The third kappa shape index (κ3) is 1.50. The van der Waals surface area contributed by atoms with Gasteiger partial charge in [0.2, 0.25) is 11.8 Å². The largest absolute Gasteiger partial charge is 0.480 e. The summed E-state index contributed by atoms with van der Waals surface area (Å²) in [6, 6.07) is 1.96. The summed E-state index contributed by atoms with van der Waals surface area (Å²) >= 11 is 1.59. The van der Waals surface area contributed by atoms with Gasteiger partial charge in [-0.15, -0.1) is 11.3 Å². The maximum atomic E-state index is 5.19. The van der Waals surface area contributed by atoms with Gasteiger partial charge in [0, 0.05) is 6.54 Å². The molecule has 1 N–H and O–H groups in total. The molecule has 0 atom stereocenters. The molecule has 2 heterocycles. The van der Waals surface area contributed by atoms with E-state index in [9.17, 15) is 0 Å². The van der Waals surface area contributed by atoms with E-state index in [1.165, 1.54) is 0 Å². The molecule has 0 aliphatic heterocycles. The second kappa shape index (κ2) is 3.79. The van der Waals surface area contributed by atoms with Crippen molar-refractivity contribution in [2.45, 2.75) is 6.92 Å². The van der Waals surface area contributed by atoms with Gasteiger partial charge in [-0.1, -0.05) is 0 Å². The van der Waals surface area contributed by atoms with Crippen molar-refractivity contribution in [3.05, 3.63) is 11.4 Å². The van der Waals surface area contributed by atoms with Crippen LogP contribution in [0.2, 0.25) is 0 Å². The predicted molar refractivity (Wildman–Crippen MR) is 58.1 cm³/mol. The lowest BCUT2D eigenvalue weighted by Gasteiger charge is -2.04. The van der Waals surface area contributed by atoms with Crippen LogP contribution in [0.4, 0.5) is 5.95 Å². The van der Waals surface area contributed by atoms with Crippen molar-refractivity contribution in [2.75, 3.05) is 19.0 Å².